The lowest BCUT2D eigenvalue weighted by atomic mass is 10.1. The highest BCUT2D eigenvalue weighted by Crippen LogP contribution is 2.12. The standard InChI is InChI=1S/C13H16BrNO/c1-3-4-13(15-16-2)10-7-11-5-8-12(14)9-6-11/h3,5-10,13,15H,1,4H2,2H3/b10-7+. The van der Waals surface area contributed by atoms with Crippen molar-refractivity contribution >= 4 is 22.0 Å². The van der Waals surface area contributed by atoms with Crippen LogP contribution >= 0.6 is 15.9 Å². The minimum absolute atomic E-state index is 0.158. The molecule has 1 rings (SSSR count). The lowest BCUT2D eigenvalue weighted by Crippen LogP contribution is -2.25. The molecule has 0 aliphatic heterocycles. The molecule has 1 atom stereocenters. The van der Waals surface area contributed by atoms with Gasteiger partial charge >= 0.3 is 0 Å². The van der Waals surface area contributed by atoms with E-state index in [2.05, 4.69) is 52.3 Å². The van der Waals surface area contributed by atoms with Crippen LogP contribution in [0.2, 0.25) is 0 Å². The minimum Gasteiger partial charge on any atom is -0.305 e. The molecular formula is C13H16BrNO. The van der Waals surface area contributed by atoms with E-state index in [0.717, 1.165) is 16.5 Å². The zero-order valence-corrected chi connectivity index (χ0v) is 10.9. The highest BCUT2D eigenvalue weighted by Gasteiger charge is 1.99. The molecule has 0 saturated heterocycles. The molecule has 0 aliphatic rings. The summed E-state index contributed by atoms with van der Waals surface area (Å²) in [6.07, 6.45) is 6.82. The topological polar surface area (TPSA) is 21.3 Å². The van der Waals surface area contributed by atoms with Crippen molar-refractivity contribution < 1.29 is 4.84 Å². The summed E-state index contributed by atoms with van der Waals surface area (Å²) in [5.41, 5.74) is 4.06. The van der Waals surface area contributed by atoms with Crippen LogP contribution in [0.5, 0.6) is 0 Å². The van der Waals surface area contributed by atoms with Crippen LogP contribution in [0.1, 0.15) is 12.0 Å². The van der Waals surface area contributed by atoms with Crippen LogP contribution in [0.15, 0.2) is 47.5 Å². The Balaban J connectivity index is 2.61. The molecule has 0 radical (unpaired) electrons. The van der Waals surface area contributed by atoms with Crippen molar-refractivity contribution in [3.8, 4) is 0 Å². The van der Waals surface area contributed by atoms with Crippen LogP contribution in [0, 0.1) is 0 Å². The summed E-state index contributed by atoms with van der Waals surface area (Å²) in [5, 5.41) is 0. The van der Waals surface area contributed by atoms with Gasteiger partial charge in [0.05, 0.1) is 13.2 Å². The molecule has 0 saturated carbocycles. The Labute approximate surface area is 105 Å². The van der Waals surface area contributed by atoms with Crippen LogP contribution in [0.3, 0.4) is 0 Å². The van der Waals surface area contributed by atoms with Crippen molar-refractivity contribution in [1.82, 2.24) is 5.48 Å². The zero-order valence-electron chi connectivity index (χ0n) is 9.32. The molecule has 1 aromatic carbocycles. The van der Waals surface area contributed by atoms with E-state index in [1.54, 1.807) is 7.11 Å². The van der Waals surface area contributed by atoms with Crippen molar-refractivity contribution in [2.45, 2.75) is 12.5 Å². The monoisotopic (exact) mass is 281 g/mol. The predicted molar refractivity (Wildman–Crippen MR) is 71.9 cm³/mol. The first-order valence-electron chi connectivity index (χ1n) is 5.09. The van der Waals surface area contributed by atoms with E-state index < -0.39 is 0 Å². The Kier molecular flexibility index (Phi) is 6.08. The molecule has 0 amide bonds. The van der Waals surface area contributed by atoms with Gasteiger partial charge in [0.1, 0.15) is 0 Å². The Morgan fingerprint density at radius 3 is 2.69 bits per heavy atom. The second kappa shape index (κ2) is 7.39. The molecule has 0 heterocycles. The Morgan fingerprint density at radius 2 is 2.12 bits per heavy atom. The second-order valence-corrected chi connectivity index (χ2v) is 4.28. The number of hydrogen-bond acceptors (Lipinski definition) is 2. The fraction of sp³-hybridized carbons (Fsp3) is 0.231. The van der Waals surface area contributed by atoms with Gasteiger partial charge in [0, 0.05) is 4.47 Å². The summed E-state index contributed by atoms with van der Waals surface area (Å²) in [4.78, 5) is 4.91. The molecule has 1 aromatic rings. The summed E-state index contributed by atoms with van der Waals surface area (Å²) < 4.78 is 1.09. The zero-order chi connectivity index (χ0) is 11.8. The summed E-state index contributed by atoms with van der Waals surface area (Å²) in [7, 11) is 1.61. The fourth-order valence-corrected chi connectivity index (χ4v) is 1.56. The molecule has 0 aliphatic carbocycles. The van der Waals surface area contributed by atoms with Crippen LogP contribution in [0.25, 0.3) is 6.08 Å². The van der Waals surface area contributed by atoms with Gasteiger partial charge in [0.15, 0.2) is 0 Å². The van der Waals surface area contributed by atoms with Crippen molar-refractivity contribution in [3.05, 3.63) is 53.0 Å². The van der Waals surface area contributed by atoms with Crippen LogP contribution in [-0.4, -0.2) is 13.2 Å². The first-order chi connectivity index (χ1) is 7.76. The van der Waals surface area contributed by atoms with E-state index in [9.17, 15) is 0 Å². The molecule has 86 valence electrons. The molecule has 16 heavy (non-hydrogen) atoms. The Hall–Kier alpha value is -0.900. The highest BCUT2D eigenvalue weighted by molar-refractivity contribution is 9.10. The van der Waals surface area contributed by atoms with Crippen LogP contribution in [-0.2, 0) is 4.84 Å². The SMILES string of the molecule is C=CCC(/C=C/c1ccc(Br)cc1)NOC. The summed E-state index contributed by atoms with van der Waals surface area (Å²) in [5.74, 6) is 0. The van der Waals surface area contributed by atoms with Gasteiger partial charge in [0.2, 0.25) is 0 Å². The van der Waals surface area contributed by atoms with E-state index in [0.29, 0.717) is 0 Å². The van der Waals surface area contributed by atoms with Crippen LogP contribution < -0.4 is 5.48 Å². The minimum atomic E-state index is 0.158. The van der Waals surface area contributed by atoms with Gasteiger partial charge < -0.3 is 4.84 Å². The molecule has 0 spiro atoms. The average Bonchev–Trinajstić information content (AvgIpc) is 2.29. The quantitative estimate of drug-likeness (QED) is 0.636. The summed E-state index contributed by atoms with van der Waals surface area (Å²) in [6.45, 7) is 3.71. The first-order valence-corrected chi connectivity index (χ1v) is 5.88. The van der Waals surface area contributed by atoms with Gasteiger partial charge in [-0.25, -0.2) is 0 Å². The molecule has 1 unspecified atom stereocenters. The van der Waals surface area contributed by atoms with Gasteiger partial charge in [-0.3, -0.25) is 0 Å². The van der Waals surface area contributed by atoms with Gasteiger partial charge in [-0.15, -0.1) is 6.58 Å². The third-order valence-corrected chi connectivity index (χ3v) is 2.61. The van der Waals surface area contributed by atoms with Gasteiger partial charge in [0.25, 0.3) is 0 Å². The first kappa shape index (κ1) is 13.2. The molecular weight excluding hydrogens is 266 g/mol. The van der Waals surface area contributed by atoms with E-state index in [4.69, 9.17) is 4.84 Å². The van der Waals surface area contributed by atoms with E-state index in [-0.39, 0.29) is 6.04 Å². The van der Waals surface area contributed by atoms with Crippen LogP contribution in [0.4, 0.5) is 0 Å². The number of rotatable bonds is 6. The largest absolute Gasteiger partial charge is 0.305 e. The molecule has 1 N–H and O–H groups in total. The number of hydroxylamine groups is 1. The summed E-state index contributed by atoms with van der Waals surface area (Å²) >= 11 is 3.41. The number of benzene rings is 1. The van der Waals surface area contributed by atoms with Crippen molar-refractivity contribution in [2.75, 3.05) is 7.11 Å². The lowest BCUT2D eigenvalue weighted by Gasteiger charge is -2.10. The number of halogens is 1. The smallest absolute Gasteiger partial charge is 0.0572 e. The highest BCUT2D eigenvalue weighted by atomic mass is 79.9. The molecule has 0 aromatic heterocycles. The van der Waals surface area contributed by atoms with Crippen molar-refractivity contribution in [3.63, 3.8) is 0 Å². The molecule has 0 fully saturated rings. The molecule has 3 heteroatoms. The fourth-order valence-electron chi connectivity index (χ4n) is 1.30. The van der Waals surface area contributed by atoms with E-state index in [1.165, 1.54) is 0 Å². The van der Waals surface area contributed by atoms with E-state index >= 15 is 0 Å². The Morgan fingerprint density at radius 1 is 1.44 bits per heavy atom. The summed E-state index contributed by atoms with van der Waals surface area (Å²) in [6, 6.07) is 8.31. The van der Waals surface area contributed by atoms with Gasteiger partial charge in [-0.1, -0.05) is 46.3 Å². The van der Waals surface area contributed by atoms with E-state index in [1.807, 2.05) is 18.2 Å². The molecule has 2 nitrogen and oxygen atoms in total. The molecule has 0 bridgehead atoms. The van der Waals surface area contributed by atoms with Gasteiger partial charge in [-0.05, 0) is 24.1 Å². The predicted octanol–water partition coefficient (Wildman–Crippen LogP) is 3.56. The third kappa shape index (κ3) is 4.75. The normalized spacial score (nSPS) is 12.9. The average molecular weight is 282 g/mol. The van der Waals surface area contributed by atoms with Crippen molar-refractivity contribution in [1.29, 1.82) is 0 Å². The maximum atomic E-state index is 4.91. The second-order valence-electron chi connectivity index (χ2n) is 3.36. The number of hydrogen-bond donors (Lipinski definition) is 1. The maximum absolute atomic E-state index is 4.91. The van der Waals surface area contributed by atoms with Gasteiger partial charge in [-0.2, -0.15) is 5.48 Å². The third-order valence-electron chi connectivity index (χ3n) is 2.08. The maximum Gasteiger partial charge on any atom is 0.0572 e. The van der Waals surface area contributed by atoms with Crippen molar-refractivity contribution in [2.24, 2.45) is 0 Å². The Bertz CT molecular complexity index is 345. The number of nitrogens with one attached hydrogen (secondary N) is 1. The lowest BCUT2D eigenvalue weighted by molar-refractivity contribution is 0.0746.